The van der Waals surface area contributed by atoms with E-state index in [9.17, 15) is 4.39 Å². The molecule has 1 aliphatic rings. The van der Waals surface area contributed by atoms with Crippen LogP contribution in [0.3, 0.4) is 0 Å². The van der Waals surface area contributed by atoms with E-state index in [4.69, 9.17) is 4.98 Å². The zero-order chi connectivity index (χ0) is 17.5. The summed E-state index contributed by atoms with van der Waals surface area (Å²) in [6.45, 7) is 0.487. The van der Waals surface area contributed by atoms with Gasteiger partial charge in [-0.25, -0.2) is 9.37 Å². The Morgan fingerprint density at radius 2 is 2.00 bits per heavy atom. The van der Waals surface area contributed by atoms with Crippen molar-refractivity contribution < 1.29 is 4.39 Å². The average molecular weight is 361 g/mol. The molecular formula is C19H12FN5S. The number of fused-ring (bicyclic) bond motifs is 3. The molecule has 0 spiro atoms. The summed E-state index contributed by atoms with van der Waals surface area (Å²) in [6.07, 6.45) is 0. The zero-order valence-electron chi connectivity index (χ0n) is 13.5. The first kappa shape index (κ1) is 15.1. The standard InChI is InChI=1S/C19H12FN5S/c20-12-2-1-3-13(9-12)22-19-18-15(6-7-26-18)14-5-4-11(8-16(14)23-19)17-10-21-25-24-17/h1-9H,10H2,(H,22,23). The monoisotopic (exact) mass is 361 g/mol. The van der Waals surface area contributed by atoms with Crippen LogP contribution in [-0.4, -0.2) is 17.2 Å². The van der Waals surface area contributed by atoms with Gasteiger partial charge in [0.2, 0.25) is 0 Å². The van der Waals surface area contributed by atoms with Gasteiger partial charge in [-0.1, -0.05) is 18.2 Å². The predicted octanol–water partition coefficient (Wildman–Crippen LogP) is 5.50. The highest BCUT2D eigenvalue weighted by Crippen LogP contribution is 2.35. The minimum absolute atomic E-state index is 0.285. The van der Waals surface area contributed by atoms with E-state index in [2.05, 4.69) is 32.9 Å². The fraction of sp³-hybridized carbons (Fsp3) is 0.0526. The van der Waals surface area contributed by atoms with Crippen LogP contribution in [0.1, 0.15) is 5.56 Å². The minimum Gasteiger partial charge on any atom is -0.339 e. The Kier molecular flexibility index (Phi) is 3.46. The Balaban J connectivity index is 1.67. The highest BCUT2D eigenvalue weighted by Gasteiger charge is 2.13. The van der Waals surface area contributed by atoms with E-state index in [-0.39, 0.29) is 5.82 Å². The van der Waals surface area contributed by atoms with Gasteiger partial charge in [0.1, 0.15) is 18.2 Å². The Labute approximate surface area is 151 Å². The predicted molar refractivity (Wildman–Crippen MR) is 103 cm³/mol. The van der Waals surface area contributed by atoms with Crippen molar-refractivity contribution in [1.82, 2.24) is 4.98 Å². The van der Waals surface area contributed by atoms with Crippen molar-refractivity contribution in [1.29, 1.82) is 0 Å². The fourth-order valence-electron chi connectivity index (χ4n) is 3.06. The lowest BCUT2D eigenvalue weighted by molar-refractivity contribution is 0.628. The minimum atomic E-state index is -0.285. The molecule has 0 bridgehead atoms. The molecule has 126 valence electrons. The highest BCUT2D eigenvalue weighted by atomic mass is 32.1. The van der Waals surface area contributed by atoms with Crippen LogP contribution in [0.15, 0.2) is 69.3 Å². The summed E-state index contributed by atoms with van der Waals surface area (Å²) in [5.74, 6) is 0.431. The number of aromatic nitrogens is 1. The van der Waals surface area contributed by atoms with Crippen LogP contribution >= 0.6 is 11.3 Å². The first-order valence-corrected chi connectivity index (χ1v) is 8.93. The molecule has 0 atom stereocenters. The molecule has 0 fully saturated rings. The fourth-order valence-corrected chi connectivity index (χ4v) is 3.91. The molecule has 0 saturated heterocycles. The third kappa shape index (κ3) is 2.53. The first-order chi connectivity index (χ1) is 12.8. The summed E-state index contributed by atoms with van der Waals surface area (Å²) >= 11 is 1.61. The van der Waals surface area contributed by atoms with Crippen molar-refractivity contribution >= 4 is 49.5 Å². The molecule has 7 heteroatoms. The van der Waals surface area contributed by atoms with Gasteiger partial charge in [-0.2, -0.15) is 5.11 Å². The number of halogens is 1. The lowest BCUT2D eigenvalue weighted by Gasteiger charge is -2.10. The summed E-state index contributed by atoms with van der Waals surface area (Å²) in [6, 6.07) is 14.5. The van der Waals surface area contributed by atoms with E-state index >= 15 is 0 Å². The van der Waals surface area contributed by atoms with Crippen LogP contribution in [0, 0.1) is 5.82 Å². The Hall–Kier alpha value is -3.19. The molecule has 0 unspecified atom stereocenters. The maximum atomic E-state index is 13.5. The van der Waals surface area contributed by atoms with Gasteiger partial charge in [0.05, 0.1) is 15.9 Å². The van der Waals surface area contributed by atoms with E-state index in [1.54, 1.807) is 17.4 Å². The molecule has 1 aliphatic heterocycles. The number of nitrogens with zero attached hydrogens (tertiary/aromatic N) is 4. The van der Waals surface area contributed by atoms with Crippen LogP contribution < -0.4 is 5.32 Å². The second-order valence-corrected chi connectivity index (χ2v) is 6.84. The maximum absolute atomic E-state index is 13.5. The molecule has 2 aromatic heterocycles. The molecule has 5 rings (SSSR count). The van der Waals surface area contributed by atoms with E-state index < -0.39 is 0 Å². The van der Waals surface area contributed by atoms with Crippen molar-refractivity contribution in [2.45, 2.75) is 0 Å². The molecule has 4 aromatic rings. The van der Waals surface area contributed by atoms with E-state index in [0.29, 0.717) is 18.1 Å². The van der Waals surface area contributed by atoms with Crippen LogP contribution in [0.5, 0.6) is 0 Å². The summed E-state index contributed by atoms with van der Waals surface area (Å²) in [5.41, 5.74) is 3.31. The maximum Gasteiger partial charge on any atom is 0.149 e. The van der Waals surface area contributed by atoms with Gasteiger partial charge < -0.3 is 5.32 Å². The van der Waals surface area contributed by atoms with Crippen molar-refractivity contribution in [3.63, 3.8) is 0 Å². The Morgan fingerprint density at radius 3 is 2.85 bits per heavy atom. The van der Waals surface area contributed by atoms with Crippen molar-refractivity contribution in [3.05, 3.63) is 65.3 Å². The van der Waals surface area contributed by atoms with Crippen LogP contribution in [0.25, 0.3) is 21.0 Å². The van der Waals surface area contributed by atoms with Gasteiger partial charge in [-0.3, -0.25) is 0 Å². The van der Waals surface area contributed by atoms with Gasteiger partial charge in [0.25, 0.3) is 0 Å². The van der Waals surface area contributed by atoms with E-state index in [0.717, 1.165) is 32.3 Å². The highest BCUT2D eigenvalue weighted by molar-refractivity contribution is 7.18. The van der Waals surface area contributed by atoms with Crippen molar-refractivity contribution in [2.24, 2.45) is 15.4 Å². The number of nitrogens with one attached hydrogen (secondary N) is 1. The quantitative estimate of drug-likeness (QED) is 0.523. The van der Waals surface area contributed by atoms with Gasteiger partial charge >= 0.3 is 0 Å². The first-order valence-electron chi connectivity index (χ1n) is 8.05. The van der Waals surface area contributed by atoms with Gasteiger partial charge in [0, 0.05) is 22.0 Å². The lowest BCUT2D eigenvalue weighted by atomic mass is 10.1. The molecule has 0 amide bonds. The molecule has 0 radical (unpaired) electrons. The molecule has 0 saturated carbocycles. The molecule has 1 N–H and O–H groups in total. The largest absolute Gasteiger partial charge is 0.339 e. The van der Waals surface area contributed by atoms with E-state index in [1.165, 1.54) is 12.1 Å². The number of anilines is 2. The second-order valence-electron chi connectivity index (χ2n) is 5.93. The number of benzene rings is 2. The average Bonchev–Trinajstić information content (AvgIpc) is 3.33. The van der Waals surface area contributed by atoms with Crippen LogP contribution in [0.4, 0.5) is 15.9 Å². The topological polar surface area (TPSA) is 62.0 Å². The van der Waals surface area contributed by atoms with Gasteiger partial charge in [-0.05, 0) is 40.9 Å². The molecule has 0 aliphatic carbocycles. The molecular weight excluding hydrogens is 349 g/mol. The van der Waals surface area contributed by atoms with Crippen molar-refractivity contribution in [2.75, 3.05) is 11.9 Å². The Bertz CT molecular complexity index is 1210. The molecule has 5 nitrogen and oxygen atoms in total. The lowest BCUT2D eigenvalue weighted by Crippen LogP contribution is -2.02. The smallest absolute Gasteiger partial charge is 0.149 e. The molecule has 2 aromatic carbocycles. The van der Waals surface area contributed by atoms with E-state index in [1.807, 2.05) is 23.6 Å². The second kappa shape index (κ2) is 5.96. The normalized spacial score (nSPS) is 13.5. The van der Waals surface area contributed by atoms with Crippen LogP contribution in [-0.2, 0) is 0 Å². The van der Waals surface area contributed by atoms with Gasteiger partial charge in [0.15, 0.2) is 0 Å². The molecule has 3 heterocycles. The number of pyridine rings is 1. The SMILES string of the molecule is Fc1cccc(Nc2nc3cc(C4=NN=NC4)ccc3c3ccsc23)c1. The number of hydrogen-bond donors (Lipinski definition) is 1. The number of thiophene rings is 1. The summed E-state index contributed by atoms with van der Waals surface area (Å²) in [5, 5.41) is 19.1. The third-order valence-corrected chi connectivity index (χ3v) is 5.19. The summed E-state index contributed by atoms with van der Waals surface area (Å²) in [7, 11) is 0. The van der Waals surface area contributed by atoms with Gasteiger partial charge in [-0.15, -0.1) is 16.4 Å². The number of hydrogen-bond acceptors (Lipinski definition) is 6. The summed E-state index contributed by atoms with van der Waals surface area (Å²) in [4.78, 5) is 4.79. The van der Waals surface area contributed by atoms with Crippen LogP contribution in [0.2, 0.25) is 0 Å². The number of rotatable bonds is 3. The zero-order valence-corrected chi connectivity index (χ0v) is 14.3. The van der Waals surface area contributed by atoms with Crippen molar-refractivity contribution in [3.8, 4) is 0 Å². The third-order valence-electron chi connectivity index (χ3n) is 4.27. The molecule has 26 heavy (non-hydrogen) atoms. The summed E-state index contributed by atoms with van der Waals surface area (Å²) < 4.78 is 14.6. The Morgan fingerprint density at radius 1 is 1.04 bits per heavy atom.